The summed E-state index contributed by atoms with van der Waals surface area (Å²) < 4.78 is 22.7. The van der Waals surface area contributed by atoms with Gasteiger partial charge in [0.05, 0.1) is 32.0 Å². The molecule has 2 saturated heterocycles. The van der Waals surface area contributed by atoms with Crippen LogP contribution in [0.25, 0.3) is 0 Å². The average Bonchev–Trinajstić information content (AvgIpc) is 3.24. The molecule has 2 aliphatic heterocycles. The zero-order chi connectivity index (χ0) is 44.0. The van der Waals surface area contributed by atoms with Crippen LogP contribution in [0, 0.1) is 0 Å². The fourth-order valence-corrected chi connectivity index (χ4v) is 8.30. The molecule has 0 spiro atoms. The molecule has 2 aliphatic rings. The number of nitrogens with one attached hydrogen (secondary N) is 1. The van der Waals surface area contributed by atoms with Crippen molar-refractivity contribution >= 4 is 5.91 Å². The summed E-state index contributed by atoms with van der Waals surface area (Å²) in [5.74, 6) is -0.206. The van der Waals surface area contributed by atoms with E-state index < -0.39 is 86.8 Å². The lowest BCUT2D eigenvalue weighted by Gasteiger charge is -2.46. The quantitative estimate of drug-likeness (QED) is 0.0356. The first kappa shape index (κ1) is 55.1. The lowest BCUT2D eigenvalue weighted by Crippen LogP contribution is -2.65. The first-order valence-corrected chi connectivity index (χ1v) is 24.3. The molecule has 60 heavy (non-hydrogen) atoms. The number of aliphatic hydroxyl groups excluding tert-OH is 8. The van der Waals surface area contributed by atoms with Crippen molar-refractivity contribution in [2.45, 2.75) is 267 Å². The fraction of sp³-hybridized carbons (Fsp3) is 0.978. The standard InChI is InChI=1S/C46H89NO13/c1-3-5-7-9-11-13-15-16-17-18-20-22-24-26-28-30-38(51)47-34(35(50)29-27-25-23-21-19-14-12-10-8-6-4-2)33-57-45-43(56)41(54)44(37(32-49)59-45)60-46-42(55)40(53)39(52)36(31-48)58-46/h34-37,39-46,48-50,52-56H,3-33H2,1-2H3,(H,47,51). The molecule has 9 N–H and O–H groups in total. The third kappa shape index (κ3) is 22.1. The van der Waals surface area contributed by atoms with Gasteiger partial charge in [-0.25, -0.2) is 0 Å². The van der Waals surface area contributed by atoms with Gasteiger partial charge in [-0.1, -0.05) is 174 Å². The highest BCUT2D eigenvalue weighted by Crippen LogP contribution is 2.30. The van der Waals surface area contributed by atoms with Crippen molar-refractivity contribution in [1.82, 2.24) is 5.32 Å². The van der Waals surface area contributed by atoms with Gasteiger partial charge in [0.1, 0.15) is 48.8 Å². The molecule has 2 rings (SSSR count). The van der Waals surface area contributed by atoms with E-state index in [1.54, 1.807) is 0 Å². The highest BCUT2D eigenvalue weighted by molar-refractivity contribution is 5.76. The molecule has 0 aromatic rings. The second-order valence-electron chi connectivity index (χ2n) is 17.6. The Labute approximate surface area is 362 Å². The van der Waals surface area contributed by atoms with Gasteiger partial charge in [-0.2, -0.15) is 0 Å². The Morgan fingerprint density at radius 2 is 0.950 bits per heavy atom. The maximum absolute atomic E-state index is 13.1. The molecule has 1 amide bonds. The van der Waals surface area contributed by atoms with Gasteiger partial charge in [-0.05, 0) is 12.8 Å². The SMILES string of the molecule is CCCCCCCCCCCCCCCCCC(=O)NC(COC1OC(CO)C(OC2OC(CO)C(O)C(O)C2O)C(O)C1O)C(O)CCCCCCCCCCCCC. The molecule has 14 heteroatoms. The average molecular weight is 864 g/mol. The minimum absolute atomic E-state index is 0.206. The van der Waals surface area contributed by atoms with E-state index in [0.29, 0.717) is 12.8 Å². The smallest absolute Gasteiger partial charge is 0.220 e. The first-order chi connectivity index (χ1) is 29.1. The number of carbonyl (C=O) groups is 1. The van der Waals surface area contributed by atoms with E-state index in [1.807, 2.05) is 0 Å². The number of unbranched alkanes of at least 4 members (excludes halogenated alkanes) is 24. The zero-order valence-corrected chi connectivity index (χ0v) is 37.5. The Hall–Kier alpha value is -1.01. The molecule has 0 aromatic heterocycles. The van der Waals surface area contributed by atoms with Crippen molar-refractivity contribution in [3.8, 4) is 0 Å². The van der Waals surface area contributed by atoms with E-state index in [9.17, 15) is 45.6 Å². The van der Waals surface area contributed by atoms with Crippen LogP contribution in [0.15, 0.2) is 0 Å². The highest BCUT2D eigenvalue weighted by Gasteiger charge is 2.51. The van der Waals surface area contributed by atoms with Crippen LogP contribution in [0.5, 0.6) is 0 Å². The van der Waals surface area contributed by atoms with E-state index in [-0.39, 0.29) is 12.5 Å². The summed E-state index contributed by atoms with van der Waals surface area (Å²) >= 11 is 0. The predicted molar refractivity (Wildman–Crippen MR) is 231 cm³/mol. The number of hydrogen-bond donors (Lipinski definition) is 9. The topological polar surface area (TPSA) is 228 Å². The maximum atomic E-state index is 13.1. The largest absolute Gasteiger partial charge is 0.394 e. The normalized spacial score (nSPS) is 28.2. The van der Waals surface area contributed by atoms with E-state index in [4.69, 9.17) is 18.9 Å². The molecule has 12 unspecified atom stereocenters. The number of carbonyl (C=O) groups excluding carboxylic acids is 1. The number of amides is 1. The molecule has 0 radical (unpaired) electrons. The number of rotatable bonds is 37. The van der Waals surface area contributed by atoms with Crippen molar-refractivity contribution < 1.29 is 64.6 Å². The van der Waals surface area contributed by atoms with Gasteiger partial charge < -0.3 is 65.1 Å². The van der Waals surface area contributed by atoms with E-state index in [0.717, 1.165) is 51.4 Å². The van der Waals surface area contributed by atoms with E-state index >= 15 is 0 Å². The summed E-state index contributed by atoms with van der Waals surface area (Å²) in [6.45, 7) is 2.84. The van der Waals surface area contributed by atoms with Crippen molar-refractivity contribution in [1.29, 1.82) is 0 Å². The second kappa shape index (κ2) is 34.4. The lowest BCUT2D eigenvalue weighted by molar-refractivity contribution is -0.359. The van der Waals surface area contributed by atoms with Gasteiger partial charge in [0.2, 0.25) is 5.91 Å². The predicted octanol–water partition coefficient (Wildman–Crippen LogP) is 5.44. The van der Waals surface area contributed by atoms with Crippen molar-refractivity contribution in [2.24, 2.45) is 0 Å². The molecular weight excluding hydrogens is 774 g/mol. The van der Waals surface area contributed by atoms with E-state index in [1.165, 1.54) is 116 Å². The third-order valence-corrected chi connectivity index (χ3v) is 12.3. The second-order valence-corrected chi connectivity index (χ2v) is 17.6. The molecule has 0 aromatic carbocycles. The summed E-state index contributed by atoms with van der Waals surface area (Å²) in [7, 11) is 0. The molecule has 0 aliphatic carbocycles. The van der Waals surface area contributed by atoms with Gasteiger partial charge >= 0.3 is 0 Å². The van der Waals surface area contributed by atoms with Crippen molar-refractivity contribution in [3.63, 3.8) is 0 Å². The van der Waals surface area contributed by atoms with Gasteiger partial charge in [0, 0.05) is 6.42 Å². The van der Waals surface area contributed by atoms with Gasteiger partial charge in [-0.15, -0.1) is 0 Å². The molecule has 0 bridgehead atoms. The van der Waals surface area contributed by atoms with Crippen LogP contribution in [0.2, 0.25) is 0 Å². The molecule has 356 valence electrons. The molecule has 2 heterocycles. The Balaban J connectivity index is 1.85. The Kier molecular flexibility index (Phi) is 31.6. The molecule has 2 fully saturated rings. The van der Waals surface area contributed by atoms with Crippen LogP contribution in [0.1, 0.15) is 194 Å². The summed E-state index contributed by atoms with van der Waals surface area (Å²) in [5, 5.41) is 86.7. The molecular formula is C46H89NO13. The van der Waals surface area contributed by atoms with Crippen LogP contribution in [-0.4, -0.2) is 140 Å². The van der Waals surface area contributed by atoms with E-state index in [2.05, 4.69) is 19.2 Å². The molecule has 14 nitrogen and oxygen atoms in total. The Morgan fingerprint density at radius 3 is 1.42 bits per heavy atom. The van der Waals surface area contributed by atoms with Crippen molar-refractivity contribution in [3.05, 3.63) is 0 Å². The molecule has 0 saturated carbocycles. The third-order valence-electron chi connectivity index (χ3n) is 12.3. The number of ether oxygens (including phenoxy) is 4. The van der Waals surface area contributed by atoms with Crippen molar-refractivity contribution in [2.75, 3.05) is 19.8 Å². The maximum Gasteiger partial charge on any atom is 0.220 e. The first-order valence-electron chi connectivity index (χ1n) is 24.3. The minimum Gasteiger partial charge on any atom is -0.394 e. The van der Waals surface area contributed by atoms with Crippen LogP contribution in [0.3, 0.4) is 0 Å². The highest BCUT2D eigenvalue weighted by atomic mass is 16.7. The van der Waals surface area contributed by atoms with Crippen LogP contribution < -0.4 is 5.32 Å². The number of hydrogen-bond acceptors (Lipinski definition) is 13. The Morgan fingerprint density at radius 1 is 0.533 bits per heavy atom. The van der Waals surface area contributed by atoms with Gasteiger partial charge in [0.25, 0.3) is 0 Å². The summed E-state index contributed by atoms with van der Waals surface area (Å²) in [5.41, 5.74) is 0. The monoisotopic (exact) mass is 864 g/mol. The number of aliphatic hydroxyl groups is 8. The fourth-order valence-electron chi connectivity index (χ4n) is 8.30. The summed E-state index contributed by atoms with van der Waals surface area (Å²) in [6.07, 6.45) is 15.4. The van der Waals surface area contributed by atoms with Crippen LogP contribution in [0.4, 0.5) is 0 Å². The minimum atomic E-state index is -1.78. The summed E-state index contributed by atoms with van der Waals surface area (Å²) in [6, 6.07) is -0.819. The van der Waals surface area contributed by atoms with Gasteiger partial charge in [0.15, 0.2) is 12.6 Å². The lowest BCUT2D eigenvalue weighted by atomic mass is 9.97. The zero-order valence-electron chi connectivity index (χ0n) is 37.5. The summed E-state index contributed by atoms with van der Waals surface area (Å²) in [4.78, 5) is 13.1. The van der Waals surface area contributed by atoms with Crippen LogP contribution >= 0.6 is 0 Å². The molecule has 12 atom stereocenters. The van der Waals surface area contributed by atoms with Crippen LogP contribution in [-0.2, 0) is 23.7 Å². The van der Waals surface area contributed by atoms with Gasteiger partial charge in [-0.3, -0.25) is 4.79 Å². The Bertz CT molecular complexity index is 1020.